The first-order valence-electron chi connectivity index (χ1n) is 14.4. The van der Waals surface area contributed by atoms with Crippen molar-refractivity contribution in [3.8, 4) is 5.75 Å². The molecule has 1 aromatic heterocycles. The topological polar surface area (TPSA) is 139 Å². The number of likely N-dealkylation sites (tertiary alicyclic amines) is 1. The second kappa shape index (κ2) is 14.3. The molecule has 1 saturated heterocycles. The standard InChI is InChI=1S/C31H34F3N5O6/c1-3-35-29(43)39-15-6-14-30(19-39,18-26(40)38-45-28(42)31(32,33)34)37-27(41)21-9-11-23(12-10-21)44-16-13-22-17-20(2)36-25-8-5-4-7-24(22)25/h4-5,7-12,17H,3,6,13-16,18-19H2,1-2H3,(H,35,43)(H,37,41)(H,38,40). The number of urea groups is 1. The number of piperidine rings is 1. The van der Waals surface area contributed by atoms with Crippen LogP contribution in [0.2, 0.25) is 0 Å². The molecule has 2 heterocycles. The first kappa shape index (κ1) is 33.0. The van der Waals surface area contributed by atoms with Crippen LogP contribution >= 0.6 is 0 Å². The van der Waals surface area contributed by atoms with Gasteiger partial charge in [0, 0.05) is 42.7 Å². The molecule has 1 unspecified atom stereocenters. The molecule has 0 spiro atoms. The molecule has 0 bridgehead atoms. The maximum absolute atomic E-state index is 13.3. The molecule has 3 aromatic rings. The number of aromatic nitrogens is 1. The molecule has 3 N–H and O–H groups in total. The second-order valence-electron chi connectivity index (χ2n) is 10.7. The summed E-state index contributed by atoms with van der Waals surface area (Å²) in [6.45, 7) is 4.63. The molecule has 45 heavy (non-hydrogen) atoms. The van der Waals surface area contributed by atoms with Crippen molar-refractivity contribution in [2.75, 3.05) is 26.2 Å². The Kier molecular flexibility index (Phi) is 10.5. The van der Waals surface area contributed by atoms with Gasteiger partial charge in [0.1, 0.15) is 5.75 Å². The molecular formula is C31H34F3N5O6. The fourth-order valence-electron chi connectivity index (χ4n) is 5.26. The van der Waals surface area contributed by atoms with E-state index >= 15 is 0 Å². The smallest absolute Gasteiger partial charge is 0.493 e. The van der Waals surface area contributed by atoms with Crippen molar-refractivity contribution in [3.05, 3.63) is 71.4 Å². The van der Waals surface area contributed by atoms with Gasteiger partial charge in [-0.25, -0.2) is 9.59 Å². The zero-order chi connectivity index (χ0) is 32.6. The van der Waals surface area contributed by atoms with Crippen molar-refractivity contribution >= 4 is 34.7 Å². The number of hydrogen-bond donors (Lipinski definition) is 3. The number of ether oxygens (including phenoxy) is 1. The molecule has 1 atom stereocenters. The number of alkyl halides is 3. The number of para-hydroxylation sites is 1. The average molecular weight is 630 g/mol. The van der Waals surface area contributed by atoms with Crippen LogP contribution < -0.4 is 20.9 Å². The van der Waals surface area contributed by atoms with E-state index < -0.39 is 42.0 Å². The van der Waals surface area contributed by atoms with Crippen LogP contribution in [0.3, 0.4) is 0 Å². The molecule has 0 aliphatic carbocycles. The van der Waals surface area contributed by atoms with Crippen LogP contribution in [-0.4, -0.2) is 71.7 Å². The minimum Gasteiger partial charge on any atom is -0.493 e. The number of nitrogens with one attached hydrogen (secondary N) is 3. The third kappa shape index (κ3) is 8.83. The van der Waals surface area contributed by atoms with Crippen LogP contribution in [-0.2, 0) is 20.8 Å². The van der Waals surface area contributed by atoms with Gasteiger partial charge >= 0.3 is 18.2 Å². The van der Waals surface area contributed by atoms with Crippen LogP contribution in [0.4, 0.5) is 18.0 Å². The number of carbonyl (C=O) groups is 4. The first-order chi connectivity index (χ1) is 21.4. The molecule has 4 rings (SSSR count). The summed E-state index contributed by atoms with van der Waals surface area (Å²) in [5, 5.41) is 6.50. The number of hydrogen-bond acceptors (Lipinski definition) is 7. The Morgan fingerprint density at radius 1 is 1.07 bits per heavy atom. The van der Waals surface area contributed by atoms with Crippen molar-refractivity contribution in [1.82, 2.24) is 26.0 Å². The van der Waals surface area contributed by atoms with Crippen molar-refractivity contribution in [2.24, 2.45) is 0 Å². The quantitative estimate of drug-likeness (QED) is 0.305. The van der Waals surface area contributed by atoms with Crippen LogP contribution in [0, 0.1) is 6.92 Å². The number of aryl methyl sites for hydroxylation is 1. The highest BCUT2D eigenvalue weighted by atomic mass is 19.4. The molecular weight excluding hydrogens is 595 g/mol. The minimum absolute atomic E-state index is 0.102. The Bertz CT molecular complexity index is 1550. The summed E-state index contributed by atoms with van der Waals surface area (Å²) >= 11 is 0. The molecule has 0 saturated carbocycles. The number of halogens is 3. The zero-order valence-corrected chi connectivity index (χ0v) is 24.8. The molecule has 240 valence electrons. The Hall–Kier alpha value is -4.88. The number of pyridine rings is 1. The van der Waals surface area contributed by atoms with Gasteiger partial charge in [0.05, 0.1) is 24.1 Å². The van der Waals surface area contributed by atoms with E-state index in [1.807, 2.05) is 37.3 Å². The van der Waals surface area contributed by atoms with E-state index in [1.165, 1.54) is 10.4 Å². The van der Waals surface area contributed by atoms with Gasteiger partial charge in [0.15, 0.2) is 0 Å². The Labute approximate surface area is 257 Å². The van der Waals surface area contributed by atoms with Crippen molar-refractivity contribution in [3.63, 3.8) is 0 Å². The van der Waals surface area contributed by atoms with Crippen LogP contribution in [0.1, 0.15) is 47.8 Å². The van der Waals surface area contributed by atoms with Gasteiger partial charge in [0.2, 0.25) is 0 Å². The summed E-state index contributed by atoms with van der Waals surface area (Å²) in [5.74, 6) is -3.71. The molecule has 2 aromatic carbocycles. The van der Waals surface area contributed by atoms with Gasteiger partial charge in [0.25, 0.3) is 11.8 Å². The fraction of sp³-hybridized carbons (Fsp3) is 0.387. The molecule has 4 amide bonds. The monoisotopic (exact) mass is 629 g/mol. The largest absolute Gasteiger partial charge is 0.493 e. The molecule has 1 fully saturated rings. The summed E-state index contributed by atoms with van der Waals surface area (Å²) in [5.41, 5.74) is 3.30. The molecule has 11 nitrogen and oxygen atoms in total. The van der Waals surface area contributed by atoms with Gasteiger partial charge in [-0.1, -0.05) is 18.2 Å². The van der Waals surface area contributed by atoms with Gasteiger partial charge in [-0.3, -0.25) is 14.6 Å². The van der Waals surface area contributed by atoms with Crippen molar-refractivity contribution < 1.29 is 41.9 Å². The van der Waals surface area contributed by atoms with E-state index in [0.29, 0.717) is 38.3 Å². The number of amides is 4. The maximum atomic E-state index is 13.3. The zero-order valence-electron chi connectivity index (χ0n) is 24.8. The normalized spacial score (nSPS) is 16.5. The number of nitrogens with zero attached hydrogens (tertiary/aromatic N) is 2. The number of hydroxylamine groups is 1. The van der Waals surface area contributed by atoms with Crippen LogP contribution in [0.25, 0.3) is 10.9 Å². The lowest BCUT2D eigenvalue weighted by molar-refractivity contribution is -0.207. The second-order valence-corrected chi connectivity index (χ2v) is 10.7. The first-order valence-corrected chi connectivity index (χ1v) is 14.4. The van der Waals surface area contributed by atoms with E-state index in [2.05, 4.69) is 20.5 Å². The molecule has 0 radical (unpaired) electrons. The summed E-state index contributed by atoms with van der Waals surface area (Å²) in [4.78, 5) is 59.3. The fourth-order valence-corrected chi connectivity index (χ4v) is 5.26. The Morgan fingerprint density at radius 2 is 1.80 bits per heavy atom. The van der Waals surface area contributed by atoms with E-state index in [0.717, 1.165) is 22.2 Å². The lowest BCUT2D eigenvalue weighted by atomic mass is 9.85. The van der Waals surface area contributed by atoms with Gasteiger partial charge in [-0.05, 0) is 68.7 Å². The number of benzene rings is 2. The summed E-state index contributed by atoms with van der Waals surface area (Å²) < 4.78 is 43.4. The van der Waals surface area contributed by atoms with E-state index in [9.17, 15) is 32.3 Å². The highest BCUT2D eigenvalue weighted by Crippen LogP contribution is 2.27. The third-order valence-electron chi connectivity index (χ3n) is 7.25. The lowest BCUT2D eigenvalue weighted by Gasteiger charge is -2.43. The van der Waals surface area contributed by atoms with E-state index in [1.54, 1.807) is 31.2 Å². The predicted molar refractivity (Wildman–Crippen MR) is 157 cm³/mol. The highest BCUT2D eigenvalue weighted by Gasteiger charge is 2.43. The number of rotatable bonds is 9. The summed E-state index contributed by atoms with van der Waals surface area (Å²) in [7, 11) is 0. The Morgan fingerprint density at radius 3 is 2.51 bits per heavy atom. The van der Waals surface area contributed by atoms with E-state index in [4.69, 9.17) is 4.74 Å². The van der Waals surface area contributed by atoms with Gasteiger partial charge in [-0.15, -0.1) is 0 Å². The number of carbonyl (C=O) groups excluding carboxylic acids is 4. The number of fused-ring (bicyclic) bond motifs is 1. The van der Waals surface area contributed by atoms with E-state index in [-0.39, 0.29) is 18.5 Å². The maximum Gasteiger partial charge on any atom is 0.493 e. The highest BCUT2D eigenvalue weighted by molar-refractivity contribution is 5.95. The van der Waals surface area contributed by atoms with Crippen LogP contribution in [0.5, 0.6) is 5.75 Å². The van der Waals surface area contributed by atoms with Gasteiger partial charge < -0.3 is 25.1 Å². The Balaban J connectivity index is 1.41. The molecule has 14 heteroatoms. The summed E-state index contributed by atoms with van der Waals surface area (Å²) in [6.07, 6.45) is -4.59. The van der Waals surface area contributed by atoms with Crippen molar-refractivity contribution in [1.29, 1.82) is 0 Å². The molecule has 1 aliphatic heterocycles. The van der Waals surface area contributed by atoms with Gasteiger partial charge in [-0.2, -0.15) is 18.7 Å². The summed E-state index contributed by atoms with van der Waals surface area (Å²) in [6, 6.07) is 15.8. The lowest BCUT2D eigenvalue weighted by Crippen LogP contribution is -2.62. The molecule has 1 aliphatic rings. The minimum atomic E-state index is -5.30. The van der Waals surface area contributed by atoms with Crippen LogP contribution in [0.15, 0.2) is 54.6 Å². The predicted octanol–water partition coefficient (Wildman–Crippen LogP) is 3.99. The average Bonchev–Trinajstić information content (AvgIpc) is 2.99. The van der Waals surface area contributed by atoms with Crippen molar-refractivity contribution in [2.45, 2.75) is 51.2 Å². The third-order valence-corrected chi connectivity index (χ3v) is 7.25. The SMILES string of the molecule is CCNC(=O)N1CCCC(CC(=O)NOC(=O)C(F)(F)F)(NC(=O)c2ccc(OCCc3cc(C)nc4ccccc34)cc2)C1.